The summed E-state index contributed by atoms with van der Waals surface area (Å²) in [5, 5.41) is 12.0. The number of aliphatic hydroxyl groups excluding tert-OH is 1. The summed E-state index contributed by atoms with van der Waals surface area (Å²) < 4.78 is 2.09. The van der Waals surface area contributed by atoms with E-state index in [0.717, 1.165) is 60.0 Å². The van der Waals surface area contributed by atoms with Crippen molar-refractivity contribution < 1.29 is 5.11 Å². The molecule has 1 atom stereocenters. The Kier molecular flexibility index (Phi) is 4.85. The van der Waals surface area contributed by atoms with Gasteiger partial charge in [0.2, 0.25) is 0 Å². The van der Waals surface area contributed by atoms with Gasteiger partial charge in [-0.1, -0.05) is 18.2 Å². The quantitative estimate of drug-likeness (QED) is 0.770. The standard InChI is InChI=1S/C21H27N5O/c1-15-12-21(23-16(2)22-15)26-10-8-25(9-11-26)14-20(27)18-13-24(3)19-7-5-4-6-17(18)19/h4-7,12-13,20,27H,8-11,14H2,1-3H3. The van der Waals surface area contributed by atoms with Crippen LogP contribution in [0.4, 0.5) is 5.82 Å². The third-order valence-electron chi connectivity index (χ3n) is 5.37. The minimum atomic E-state index is -0.480. The first-order chi connectivity index (χ1) is 13.0. The Balaban J connectivity index is 1.41. The van der Waals surface area contributed by atoms with Crippen LogP contribution in [0.1, 0.15) is 23.2 Å². The monoisotopic (exact) mass is 365 g/mol. The summed E-state index contributed by atoms with van der Waals surface area (Å²) >= 11 is 0. The number of rotatable bonds is 4. The summed E-state index contributed by atoms with van der Waals surface area (Å²) in [6.45, 7) is 8.27. The maximum Gasteiger partial charge on any atom is 0.132 e. The van der Waals surface area contributed by atoms with Crippen LogP contribution in [0.3, 0.4) is 0 Å². The molecule has 6 heteroatoms. The summed E-state index contributed by atoms with van der Waals surface area (Å²) in [7, 11) is 2.03. The molecule has 1 aliphatic rings. The highest BCUT2D eigenvalue weighted by molar-refractivity contribution is 5.84. The highest BCUT2D eigenvalue weighted by Gasteiger charge is 2.22. The van der Waals surface area contributed by atoms with E-state index in [1.807, 2.05) is 39.1 Å². The zero-order valence-electron chi connectivity index (χ0n) is 16.3. The van der Waals surface area contributed by atoms with Crippen LogP contribution in [-0.4, -0.2) is 57.3 Å². The molecule has 142 valence electrons. The Labute approximate surface area is 160 Å². The van der Waals surface area contributed by atoms with Crippen molar-refractivity contribution >= 4 is 16.7 Å². The highest BCUT2D eigenvalue weighted by atomic mass is 16.3. The van der Waals surface area contributed by atoms with Crippen molar-refractivity contribution in [1.29, 1.82) is 0 Å². The topological polar surface area (TPSA) is 57.4 Å². The summed E-state index contributed by atoms with van der Waals surface area (Å²) in [4.78, 5) is 13.6. The van der Waals surface area contributed by atoms with Crippen molar-refractivity contribution in [3.8, 4) is 0 Å². The number of fused-ring (bicyclic) bond motifs is 1. The van der Waals surface area contributed by atoms with Gasteiger partial charge in [0.05, 0.1) is 6.10 Å². The lowest BCUT2D eigenvalue weighted by atomic mass is 10.1. The third kappa shape index (κ3) is 3.68. The van der Waals surface area contributed by atoms with E-state index in [0.29, 0.717) is 6.54 Å². The van der Waals surface area contributed by atoms with Crippen molar-refractivity contribution in [1.82, 2.24) is 19.4 Å². The molecule has 0 spiro atoms. The van der Waals surface area contributed by atoms with E-state index >= 15 is 0 Å². The largest absolute Gasteiger partial charge is 0.387 e. The first-order valence-electron chi connectivity index (χ1n) is 9.53. The zero-order chi connectivity index (χ0) is 19.0. The number of aliphatic hydroxyl groups is 1. The van der Waals surface area contributed by atoms with Gasteiger partial charge in [-0.05, 0) is 19.9 Å². The van der Waals surface area contributed by atoms with Crippen molar-refractivity contribution in [2.75, 3.05) is 37.6 Å². The Morgan fingerprint density at radius 1 is 1.07 bits per heavy atom. The van der Waals surface area contributed by atoms with Crippen LogP contribution < -0.4 is 4.90 Å². The van der Waals surface area contributed by atoms with Crippen molar-refractivity contribution in [3.63, 3.8) is 0 Å². The predicted octanol–water partition coefficient (Wildman–Crippen LogP) is 2.44. The number of aromatic nitrogens is 3. The van der Waals surface area contributed by atoms with Crippen LogP contribution in [0.2, 0.25) is 0 Å². The summed E-state index contributed by atoms with van der Waals surface area (Å²) in [6.07, 6.45) is 1.57. The van der Waals surface area contributed by atoms with Gasteiger partial charge in [0.25, 0.3) is 0 Å². The number of piperazine rings is 1. The number of hydrogen-bond donors (Lipinski definition) is 1. The minimum Gasteiger partial charge on any atom is -0.387 e. The van der Waals surface area contributed by atoms with Gasteiger partial charge in [-0.2, -0.15) is 0 Å². The van der Waals surface area contributed by atoms with E-state index in [2.05, 4.69) is 42.7 Å². The van der Waals surface area contributed by atoms with Gasteiger partial charge in [-0.25, -0.2) is 9.97 Å². The molecule has 2 aromatic heterocycles. The molecule has 1 saturated heterocycles. The van der Waals surface area contributed by atoms with Gasteiger partial charge in [-0.3, -0.25) is 4.90 Å². The van der Waals surface area contributed by atoms with E-state index < -0.39 is 6.10 Å². The lowest BCUT2D eigenvalue weighted by Crippen LogP contribution is -2.47. The zero-order valence-corrected chi connectivity index (χ0v) is 16.3. The molecule has 3 aromatic rings. The highest BCUT2D eigenvalue weighted by Crippen LogP contribution is 2.27. The molecule has 0 bridgehead atoms. The van der Waals surface area contributed by atoms with Crippen molar-refractivity contribution in [2.45, 2.75) is 20.0 Å². The second kappa shape index (κ2) is 7.29. The first kappa shape index (κ1) is 17.9. The van der Waals surface area contributed by atoms with Crippen LogP contribution in [0.25, 0.3) is 10.9 Å². The van der Waals surface area contributed by atoms with E-state index in [4.69, 9.17) is 0 Å². The number of β-amino-alcohol motifs (C(OH)–C–C–N with tert-alkyl or cyclic N) is 1. The van der Waals surface area contributed by atoms with Gasteiger partial charge in [-0.15, -0.1) is 0 Å². The average molecular weight is 365 g/mol. The predicted molar refractivity (Wildman–Crippen MR) is 108 cm³/mol. The van der Waals surface area contributed by atoms with Gasteiger partial charge >= 0.3 is 0 Å². The summed E-state index contributed by atoms with van der Waals surface area (Å²) in [5.41, 5.74) is 3.18. The van der Waals surface area contributed by atoms with Gasteiger partial charge in [0.15, 0.2) is 0 Å². The second-order valence-corrected chi connectivity index (χ2v) is 7.43. The summed E-state index contributed by atoms with van der Waals surface area (Å²) in [5.74, 6) is 1.83. The fraction of sp³-hybridized carbons (Fsp3) is 0.429. The number of para-hydroxylation sites is 1. The Morgan fingerprint density at radius 3 is 2.56 bits per heavy atom. The molecule has 3 heterocycles. The van der Waals surface area contributed by atoms with Crippen LogP contribution in [0.5, 0.6) is 0 Å². The normalized spacial score (nSPS) is 16.8. The molecule has 1 aromatic carbocycles. The summed E-state index contributed by atoms with van der Waals surface area (Å²) in [6, 6.07) is 10.3. The molecule has 0 radical (unpaired) electrons. The fourth-order valence-corrected chi connectivity index (χ4v) is 4.00. The van der Waals surface area contributed by atoms with E-state index in [1.165, 1.54) is 0 Å². The van der Waals surface area contributed by atoms with E-state index in [1.54, 1.807) is 0 Å². The molecule has 0 aliphatic carbocycles. The molecule has 6 nitrogen and oxygen atoms in total. The molecule has 0 amide bonds. The molecule has 0 saturated carbocycles. The van der Waals surface area contributed by atoms with Gasteiger partial charge < -0.3 is 14.6 Å². The molecule has 1 aliphatic heterocycles. The van der Waals surface area contributed by atoms with Crippen LogP contribution >= 0.6 is 0 Å². The number of anilines is 1. The van der Waals surface area contributed by atoms with Crippen molar-refractivity contribution in [3.05, 3.63) is 53.6 Å². The molecule has 1 N–H and O–H groups in total. The number of hydrogen-bond acceptors (Lipinski definition) is 5. The Hall–Kier alpha value is -2.44. The second-order valence-electron chi connectivity index (χ2n) is 7.43. The van der Waals surface area contributed by atoms with Crippen LogP contribution in [-0.2, 0) is 7.05 Å². The van der Waals surface area contributed by atoms with Gasteiger partial charge in [0, 0.05) is 74.2 Å². The smallest absolute Gasteiger partial charge is 0.132 e. The number of nitrogens with zero attached hydrogens (tertiary/aromatic N) is 5. The lowest BCUT2D eigenvalue weighted by molar-refractivity contribution is 0.110. The molecule has 1 unspecified atom stereocenters. The van der Waals surface area contributed by atoms with Gasteiger partial charge in [0.1, 0.15) is 11.6 Å². The van der Waals surface area contributed by atoms with Crippen LogP contribution in [0.15, 0.2) is 36.5 Å². The minimum absolute atomic E-state index is 0.480. The van der Waals surface area contributed by atoms with Crippen molar-refractivity contribution in [2.24, 2.45) is 7.05 Å². The van der Waals surface area contributed by atoms with Crippen LogP contribution in [0, 0.1) is 13.8 Å². The maximum atomic E-state index is 10.9. The Bertz CT molecular complexity index is 923. The molecule has 1 fully saturated rings. The Morgan fingerprint density at radius 2 is 1.81 bits per heavy atom. The SMILES string of the molecule is Cc1cc(N2CCN(CC(O)c3cn(C)c4ccccc34)CC2)nc(C)n1. The fourth-order valence-electron chi connectivity index (χ4n) is 4.00. The maximum absolute atomic E-state index is 10.9. The number of aryl methyl sites for hydroxylation is 3. The first-order valence-corrected chi connectivity index (χ1v) is 9.53. The molecule has 4 rings (SSSR count). The van der Waals surface area contributed by atoms with E-state index in [-0.39, 0.29) is 0 Å². The molecular formula is C21H27N5O. The number of benzene rings is 1. The molecular weight excluding hydrogens is 338 g/mol. The average Bonchev–Trinajstić information content (AvgIpc) is 2.99. The molecule has 27 heavy (non-hydrogen) atoms. The third-order valence-corrected chi connectivity index (χ3v) is 5.37. The van der Waals surface area contributed by atoms with E-state index in [9.17, 15) is 5.11 Å². The lowest BCUT2D eigenvalue weighted by Gasteiger charge is -2.36.